The first-order valence-electron chi connectivity index (χ1n) is 13.1. The van der Waals surface area contributed by atoms with Crippen LogP contribution in [0.1, 0.15) is 64.5 Å². The second-order valence-electron chi connectivity index (χ2n) is 11.4. The summed E-state index contributed by atoms with van der Waals surface area (Å²) in [5.41, 5.74) is 2.99. The number of imidazole rings is 1. The number of nitrogens with zero attached hydrogens (tertiary/aromatic N) is 4. The van der Waals surface area contributed by atoms with Crippen LogP contribution in [0, 0.1) is 5.41 Å². The van der Waals surface area contributed by atoms with Crippen LogP contribution in [-0.2, 0) is 16.1 Å². The number of H-pyrrole nitrogens is 1. The van der Waals surface area contributed by atoms with E-state index in [0.717, 1.165) is 36.2 Å². The predicted octanol–water partition coefficient (Wildman–Crippen LogP) is 4.46. The number of aromatic nitrogens is 2. The molecule has 3 aliphatic rings. The zero-order valence-corrected chi connectivity index (χ0v) is 22.6. The number of carbonyl (C=O) groups excluding carboxylic acids is 3. The van der Waals surface area contributed by atoms with Crippen molar-refractivity contribution in [2.75, 3.05) is 25.0 Å². The average Bonchev–Trinajstić information content (AvgIpc) is 3.50. The van der Waals surface area contributed by atoms with E-state index in [-0.39, 0.29) is 42.5 Å². The van der Waals surface area contributed by atoms with Gasteiger partial charge in [0.15, 0.2) is 0 Å². The molecule has 2 saturated heterocycles. The smallest absolute Gasteiger partial charge is 0.322 e. The Hall–Kier alpha value is -3.01. The van der Waals surface area contributed by atoms with Gasteiger partial charge in [0.25, 0.3) is 0 Å². The Bertz CT molecular complexity index is 1150. The van der Waals surface area contributed by atoms with Gasteiger partial charge in [-0.1, -0.05) is 39.0 Å². The number of hydrogen-bond acceptors (Lipinski definition) is 5. The van der Waals surface area contributed by atoms with Crippen molar-refractivity contribution >= 4 is 35.3 Å². The van der Waals surface area contributed by atoms with E-state index in [9.17, 15) is 14.4 Å². The van der Waals surface area contributed by atoms with E-state index in [0.29, 0.717) is 26.2 Å². The van der Waals surface area contributed by atoms with Crippen molar-refractivity contribution in [3.63, 3.8) is 0 Å². The molecule has 0 spiro atoms. The van der Waals surface area contributed by atoms with E-state index in [4.69, 9.17) is 0 Å². The summed E-state index contributed by atoms with van der Waals surface area (Å²) in [6.45, 7) is 8.94. The third-order valence-electron chi connectivity index (χ3n) is 7.50. The van der Waals surface area contributed by atoms with Crippen molar-refractivity contribution in [2.45, 2.75) is 69.7 Å². The lowest BCUT2D eigenvalue weighted by atomic mass is 9.92. The molecule has 4 heterocycles. The van der Waals surface area contributed by atoms with E-state index in [2.05, 4.69) is 36.1 Å². The van der Waals surface area contributed by atoms with Crippen molar-refractivity contribution < 1.29 is 15.8 Å². The fraction of sp³-hybridized carbons (Fsp3) is 0.556. The van der Waals surface area contributed by atoms with Crippen molar-refractivity contribution in [1.29, 1.82) is 0 Å². The first-order chi connectivity index (χ1) is 17.7. The summed E-state index contributed by atoms with van der Waals surface area (Å²) in [6.07, 6.45) is 5.95. The maximum Gasteiger partial charge on any atom is 0.322 e. The highest BCUT2D eigenvalue weighted by molar-refractivity contribution is 8.01. The van der Waals surface area contributed by atoms with Crippen LogP contribution in [0.5, 0.6) is 0 Å². The van der Waals surface area contributed by atoms with Crippen molar-refractivity contribution in [3.8, 4) is 0 Å². The number of fused-ring (bicyclic) bond motifs is 1. The van der Waals surface area contributed by atoms with Gasteiger partial charge in [-0.2, -0.15) is 0 Å². The summed E-state index contributed by atoms with van der Waals surface area (Å²) in [7, 11) is 0. The molecule has 4 amide bonds. The highest BCUT2D eigenvalue weighted by atomic mass is 32.2. The third kappa shape index (κ3) is 5.63. The number of amides is 4. The number of hydrogen-bond donors (Lipinski definition) is 2. The number of urea groups is 1. The Kier molecular flexibility index (Phi) is 7.20. The molecule has 10 heteroatoms. The topological polar surface area (TPSA) is 102 Å². The van der Waals surface area contributed by atoms with E-state index in [1.807, 2.05) is 39.0 Å². The number of anilines is 1. The van der Waals surface area contributed by atoms with Crippen LogP contribution >= 0.6 is 11.8 Å². The molecule has 3 aliphatic heterocycles. The average molecular weight is 527 g/mol. The number of thioether (sulfide) groups is 1. The Labute approximate surface area is 223 Å². The fourth-order valence-corrected chi connectivity index (χ4v) is 6.71. The normalized spacial score (nSPS) is 22.8. The predicted molar refractivity (Wildman–Crippen MR) is 146 cm³/mol. The number of piperidine rings is 1. The van der Waals surface area contributed by atoms with Gasteiger partial charge >= 0.3 is 6.03 Å². The molecule has 0 radical (unpaired) electrons. The van der Waals surface area contributed by atoms with Crippen molar-refractivity contribution in [2.24, 2.45) is 5.41 Å². The van der Waals surface area contributed by atoms with Crippen LogP contribution in [0.4, 0.5) is 10.5 Å². The largest absolute Gasteiger partial charge is 0.346 e. The summed E-state index contributed by atoms with van der Waals surface area (Å²) in [5.74, 6) is 0.0412. The van der Waals surface area contributed by atoms with Gasteiger partial charge < -0.3 is 25.0 Å². The summed E-state index contributed by atoms with van der Waals surface area (Å²) in [5, 5.41) is 2.44. The molecule has 2 unspecified atom stereocenters. The number of nitrogens with one attached hydrogen (secondary N) is 2. The lowest BCUT2D eigenvalue weighted by Gasteiger charge is -2.40. The van der Waals surface area contributed by atoms with Crippen LogP contribution < -0.4 is 5.32 Å². The van der Waals surface area contributed by atoms with Gasteiger partial charge in [0.1, 0.15) is 5.37 Å². The lowest BCUT2D eigenvalue weighted by molar-refractivity contribution is -0.137. The first kappa shape index (κ1) is 25.6. The first-order valence-corrected chi connectivity index (χ1v) is 14.0. The summed E-state index contributed by atoms with van der Waals surface area (Å²) in [6, 6.07) is 7.90. The second-order valence-corrected chi connectivity index (χ2v) is 12.6. The van der Waals surface area contributed by atoms with Gasteiger partial charge in [-0.05, 0) is 36.3 Å². The molecule has 5 rings (SSSR count). The van der Waals surface area contributed by atoms with Gasteiger partial charge in [0.05, 0.1) is 23.5 Å². The fourth-order valence-electron chi connectivity index (χ4n) is 5.28. The van der Waals surface area contributed by atoms with Crippen LogP contribution in [0.2, 0.25) is 0 Å². The van der Waals surface area contributed by atoms with Crippen molar-refractivity contribution in [1.82, 2.24) is 24.7 Å². The maximum atomic E-state index is 13.4. The SMILES string of the molecule is CC(C)(C)CCN1C(=O)C(CC(=O)N2CCC(N3Cc4ccccc4NC3=O)CC2)SC1c1cnc[nH]1.[HH]. The molecule has 2 atom stereocenters. The van der Waals surface area contributed by atoms with Gasteiger partial charge in [0, 0.05) is 45.8 Å². The quantitative estimate of drug-likeness (QED) is 0.579. The zero-order valence-electron chi connectivity index (χ0n) is 21.8. The van der Waals surface area contributed by atoms with Gasteiger partial charge in [-0.25, -0.2) is 9.78 Å². The molecule has 200 valence electrons. The van der Waals surface area contributed by atoms with Crippen LogP contribution in [0.3, 0.4) is 0 Å². The molecule has 2 aromatic rings. The highest BCUT2D eigenvalue weighted by Crippen LogP contribution is 2.44. The minimum atomic E-state index is -0.400. The van der Waals surface area contributed by atoms with Crippen LogP contribution in [0.15, 0.2) is 36.8 Å². The molecule has 2 N–H and O–H groups in total. The van der Waals surface area contributed by atoms with Crippen molar-refractivity contribution in [3.05, 3.63) is 48.0 Å². The van der Waals surface area contributed by atoms with E-state index >= 15 is 0 Å². The molecule has 1 aromatic carbocycles. The number of carbonyl (C=O) groups is 3. The molecule has 0 bridgehead atoms. The Balaban J connectivity index is 0.00000336. The number of likely N-dealkylation sites (tertiary alicyclic amines) is 1. The summed E-state index contributed by atoms with van der Waals surface area (Å²) < 4.78 is 0. The molecule has 0 aliphatic carbocycles. The molecule has 37 heavy (non-hydrogen) atoms. The Morgan fingerprint density at radius 1 is 1.19 bits per heavy atom. The number of para-hydroxylation sites is 1. The number of rotatable bonds is 6. The van der Waals surface area contributed by atoms with E-state index in [1.165, 1.54) is 0 Å². The van der Waals surface area contributed by atoms with Crippen LogP contribution in [0.25, 0.3) is 0 Å². The van der Waals surface area contributed by atoms with Gasteiger partial charge in [-0.3, -0.25) is 9.59 Å². The summed E-state index contributed by atoms with van der Waals surface area (Å²) in [4.78, 5) is 52.3. The van der Waals surface area contributed by atoms with Gasteiger partial charge in [-0.15, -0.1) is 11.8 Å². The van der Waals surface area contributed by atoms with E-state index < -0.39 is 5.25 Å². The molecular formula is C27H38N6O3S. The lowest BCUT2D eigenvalue weighted by Crippen LogP contribution is -2.51. The Morgan fingerprint density at radius 2 is 1.95 bits per heavy atom. The molecule has 2 fully saturated rings. The zero-order chi connectivity index (χ0) is 26.2. The van der Waals surface area contributed by atoms with Gasteiger partial charge in [0.2, 0.25) is 11.8 Å². The number of aromatic amines is 1. The highest BCUT2D eigenvalue weighted by Gasteiger charge is 2.43. The summed E-state index contributed by atoms with van der Waals surface area (Å²) >= 11 is 1.54. The van der Waals surface area contributed by atoms with Crippen LogP contribution in [-0.4, -0.2) is 73.4 Å². The Morgan fingerprint density at radius 3 is 2.65 bits per heavy atom. The molecule has 1 aromatic heterocycles. The minimum absolute atomic E-state index is 0. The molecular weight excluding hydrogens is 488 g/mol. The standard InChI is InChI=1S/C27H36N6O3S.H2/c1-27(2,3)10-13-32-24(35)22(37-25(32)21-15-28-17-29-21)14-23(34)31-11-8-19(9-12-31)33-16-18-6-4-5-7-20(18)30-26(33)36;/h4-7,15,17,19,22,25H,8-14,16H2,1-3H3,(H,28,29)(H,30,36);1H. The second kappa shape index (κ2) is 10.4. The third-order valence-corrected chi connectivity index (χ3v) is 8.96. The maximum absolute atomic E-state index is 13.4. The monoisotopic (exact) mass is 526 g/mol. The minimum Gasteiger partial charge on any atom is -0.346 e. The molecule has 9 nitrogen and oxygen atoms in total. The van der Waals surface area contributed by atoms with E-state index in [1.54, 1.807) is 24.3 Å². The molecule has 0 saturated carbocycles. The number of benzene rings is 1.